The van der Waals surface area contributed by atoms with E-state index in [4.69, 9.17) is 4.98 Å². The largest absolute Gasteiger partial charge is 0.236 e. The average Bonchev–Trinajstić information content (AvgIpc) is 3.40. The van der Waals surface area contributed by atoms with Crippen LogP contribution in [0.15, 0.2) is 127 Å². The first kappa shape index (κ1) is 20.6. The predicted octanol–water partition coefficient (Wildman–Crippen LogP) is 10.2. The molecule has 1 heterocycles. The maximum atomic E-state index is 5.07. The molecule has 0 amide bonds. The molecule has 8 aromatic rings. The van der Waals surface area contributed by atoms with Crippen LogP contribution in [0.5, 0.6) is 0 Å². The zero-order valence-electron chi connectivity index (χ0n) is 20.0. The Morgan fingerprint density at radius 1 is 0.459 bits per heavy atom. The first-order chi connectivity index (χ1) is 18.3. The van der Waals surface area contributed by atoms with Crippen LogP contribution in [0.3, 0.4) is 0 Å². The van der Waals surface area contributed by atoms with Crippen molar-refractivity contribution in [2.24, 2.45) is 0 Å². The Bertz CT molecular complexity index is 2040. The van der Waals surface area contributed by atoms with E-state index < -0.39 is 0 Å². The smallest absolute Gasteiger partial charge is 0.125 e. The topological polar surface area (TPSA) is 12.9 Å². The van der Waals surface area contributed by atoms with Crippen LogP contribution < -0.4 is 0 Å². The molecule has 0 bridgehead atoms. The highest BCUT2D eigenvalue weighted by atomic mass is 32.1. The molecule has 0 fully saturated rings. The van der Waals surface area contributed by atoms with Gasteiger partial charge in [-0.3, -0.25) is 0 Å². The highest BCUT2D eigenvalue weighted by molar-refractivity contribution is 7.21. The number of hydrogen-bond donors (Lipinski definition) is 0. The van der Waals surface area contributed by atoms with Gasteiger partial charge in [-0.1, -0.05) is 103 Å². The van der Waals surface area contributed by atoms with Crippen molar-refractivity contribution in [1.29, 1.82) is 0 Å². The van der Waals surface area contributed by atoms with Crippen molar-refractivity contribution in [3.05, 3.63) is 127 Å². The number of rotatable bonds is 3. The molecule has 0 saturated carbocycles. The lowest BCUT2D eigenvalue weighted by Gasteiger charge is -2.19. The van der Waals surface area contributed by atoms with Crippen molar-refractivity contribution in [2.75, 3.05) is 0 Å². The van der Waals surface area contributed by atoms with E-state index in [2.05, 4.69) is 127 Å². The molecule has 0 unspecified atom stereocenters. The monoisotopic (exact) mass is 487 g/mol. The zero-order valence-corrected chi connectivity index (χ0v) is 20.8. The predicted molar refractivity (Wildman–Crippen MR) is 160 cm³/mol. The van der Waals surface area contributed by atoms with E-state index in [9.17, 15) is 0 Å². The third kappa shape index (κ3) is 3.13. The van der Waals surface area contributed by atoms with E-state index in [0.717, 1.165) is 10.5 Å². The van der Waals surface area contributed by atoms with Gasteiger partial charge in [0.25, 0.3) is 0 Å². The van der Waals surface area contributed by atoms with Crippen molar-refractivity contribution in [2.45, 2.75) is 0 Å². The van der Waals surface area contributed by atoms with Gasteiger partial charge in [0.05, 0.1) is 10.2 Å². The summed E-state index contributed by atoms with van der Waals surface area (Å²) in [6.07, 6.45) is 0. The summed E-state index contributed by atoms with van der Waals surface area (Å²) in [7, 11) is 0. The van der Waals surface area contributed by atoms with Crippen LogP contribution in [-0.4, -0.2) is 4.98 Å². The molecule has 1 aromatic heterocycles. The van der Waals surface area contributed by atoms with Gasteiger partial charge in [-0.25, -0.2) is 4.98 Å². The van der Waals surface area contributed by atoms with Crippen molar-refractivity contribution >= 4 is 53.9 Å². The number of fused-ring (bicyclic) bond motifs is 1. The van der Waals surface area contributed by atoms with E-state index in [1.54, 1.807) is 11.3 Å². The average molecular weight is 488 g/mol. The summed E-state index contributed by atoms with van der Waals surface area (Å²) in [5.41, 5.74) is 7.27. The molecule has 0 spiro atoms. The van der Waals surface area contributed by atoms with E-state index in [1.807, 2.05) is 0 Å². The summed E-state index contributed by atoms with van der Waals surface area (Å²) in [6, 6.07) is 46.0. The molecule has 0 saturated heterocycles. The summed E-state index contributed by atoms with van der Waals surface area (Å²) in [5.74, 6) is 0. The van der Waals surface area contributed by atoms with E-state index in [-0.39, 0.29) is 0 Å². The second-order valence-electron chi connectivity index (χ2n) is 9.55. The number of aromatic nitrogens is 1. The summed E-state index contributed by atoms with van der Waals surface area (Å²) < 4.78 is 1.22. The van der Waals surface area contributed by atoms with Crippen LogP contribution in [-0.2, 0) is 0 Å². The molecule has 1 nitrogen and oxygen atoms in total. The maximum absolute atomic E-state index is 5.07. The summed E-state index contributed by atoms with van der Waals surface area (Å²) >= 11 is 1.77. The van der Waals surface area contributed by atoms with E-state index in [1.165, 1.54) is 64.8 Å². The minimum Gasteiger partial charge on any atom is -0.236 e. The Morgan fingerprint density at radius 3 is 1.89 bits per heavy atom. The lowest BCUT2D eigenvalue weighted by atomic mass is 9.84. The second kappa shape index (κ2) is 7.99. The molecule has 0 aliphatic carbocycles. The van der Waals surface area contributed by atoms with Gasteiger partial charge in [-0.2, -0.15) is 0 Å². The Hall–Kier alpha value is -4.53. The normalized spacial score (nSPS) is 11.8. The quantitative estimate of drug-likeness (QED) is 0.226. The lowest BCUT2D eigenvalue weighted by molar-refractivity contribution is 1.49. The number of nitrogens with zero attached hydrogens (tertiary/aromatic N) is 1. The van der Waals surface area contributed by atoms with E-state index >= 15 is 0 Å². The van der Waals surface area contributed by atoms with Gasteiger partial charge < -0.3 is 0 Å². The van der Waals surface area contributed by atoms with Crippen molar-refractivity contribution in [1.82, 2.24) is 4.98 Å². The first-order valence-electron chi connectivity index (χ1n) is 12.6. The van der Waals surface area contributed by atoms with Gasteiger partial charge in [0.15, 0.2) is 0 Å². The van der Waals surface area contributed by atoms with Gasteiger partial charge >= 0.3 is 0 Å². The van der Waals surface area contributed by atoms with Crippen molar-refractivity contribution in [3.63, 3.8) is 0 Å². The molecule has 0 radical (unpaired) electrons. The maximum Gasteiger partial charge on any atom is 0.125 e. The molecular formula is C35H21NS. The Labute approximate surface area is 218 Å². The summed E-state index contributed by atoms with van der Waals surface area (Å²) in [4.78, 5) is 5.07. The molecule has 0 N–H and O–H groups in total. The highest BCUT2D eigenvalue weighted by Crippen LogP contribution is 2.47. The Balaban J connectivity index is 1.56. The third-order valence-electron chi connectivity index (χ3n) is 7.45. The lowest BCUT2D eigenvalue weighted by Crippen LogP contribution is -1.92. The van der Waals surface area contributed by atoms with E-state index in [0.29, 0.717) is 0 Å². The third-order valence-corrected chi connectivity index (χ3v) is 8.52. The molecule has 8 rings (SSSR count). The molecule has 0 aliphatic rings. The molecule has 0 aliphatic heterocycles. The fraction of sp³-hybridized carbons (Fsp3) is 0. The molecular weight excluding hydrogens is 466 g/mol. The fourth-order valence-electron chi connectivity index (χ4n) is 5.80. The van der Waals surface area contributed by atoms with Gasteiger partial charge in [-0.15, -0.1) is 11.3 Å². The van der Waals surface area contributed by atoms with Crippen LogP contribution in [0.25, 0.3) is 75.4 Å². The standard InChI is InChI=1S/C35H21NS/c1-3-10-22(11-4-1)28-20-24-14-9-15-25-29(23-12-5-2-6-13-23)21-30-27(19-18-26(28)34(30)33(24)25)35-36-31-16-7-8-17-32(31)37-35/h1-21H. The zero-order chi connectivity index (χ0) is 24.3. The second-order valence-corrected chi connectivity index (χ2v) is 10.6. The van der Waals surface area contributed by atoms with Crippen LogP contribution in [0.1, 0.15) is 0 Å². The molecule has 0 atom stereocenters. The number of benzene rings is 7. The fourth-order valence-corrected chi connectivity index (χ4v) is 6.80. The van der Waals surface area contributed by atoms with Crippen LogP contribution in [0, 0.1) is 0 Å². The summed E-state index contributed by atoms with van der Waals surface area (Å²) in [6.45, 7) is 0. The molecule has 172 valence electrons. The van der Waals surface area contributed by atoms with Gasteiger partial charge in [-0.05, 0) is 78.8 Å². The Kier molecular flexibility index (Phi) is 4.46. The minimum atomic E-state index is 1.06. The molecule has 2 heteroatoms. The van der Waals surface area contributed by atoms with Crippen LogP contribution >= 0.6 is 11.3 Å². The SMILES string of the molecule is c1ccc(-c2cc3c(-c4nc5ccccc5s4)ccc4c(-c5ccccc5)cc5cccc2c5c43)cc1. The van der Waals surface area contributed by atoms with Crippen molar-refractivity contribution < 1.29 is 0 Å². The Morgan fingerprint density at radius 2 is 1.14 bits per heavy atom. The van der Waals surface area contributed by atoms with Crippen molar-refractivity contribution in [3.8, 4) is 32.8 Å². The van der Waals surface area contributed by atoms with Gasteiger partial charge in [0.2, 0.25) is 0 Å². The minimum absolute atomic E-state index is 1.06. The first-order valence-corrected chi connectivity index (χ1v) is 13.4. The molecule has 37 heavy (non-hydrogen) atoms. The highest BCUT2D eigenvalue weighted by Gasteiger charge is 2.20. The number of thiazole rings is 1. The van der Waals surface area contributed by atoms with Crippen LogP contribution in [0.4, 0.5) is 0 Å². The number of hydrogen-bond acceptors (Lipinski definition) is 2. The summed E-state index contributed by atoms with van der Waals surface area (Å²) in [5, 5.41) is 8.83. The number of para-hydroxylation sites is 1. The van der Waals surface area contributed by atoms with Crippen LogP contribution in [0.2, 0.25) is 0 Å². The molecule has 7 aromatic carbocycles. The van der Waals surface area contributed by atoms with Gasteiger partial charge in [0, 0.05) is 5.56 Å². The van der Waals surface area contributed by atoms with Gasteiger partial charge in [0.1, 0.15) is 5.01 Å².